The van der Waals surface area contributed by atoms with Gasteiger partial charge in [0.1, 0.15) is 5.82 Å². The molecular weight excluding hydrogens is 184 g/mol. The summed E-state index contributed by atoms with van der Waals surface area (Å²) in [5.74, 6) is 0.604. The normalized spacial score (nSPS) is 9.38. The Labute approximate surface area is 81.6 Å². The molecule has 0 saturated carbocycles. The molecule has 0 fully saturated rings. The van der Waals surface area contributed by atoms with E-state index in [0.29, 0.717) is 16.7 Å². The second kappa shape index (κ2) is 4.10. The average Bonchev–Trinajstić information content (AvgIpc) is 2.16. The summed E-state index contributed by atoms with van der Waals surface area (Å²) in [5, 5.41) is 3.57. The molecule has 68 valence electrons. The molecular formula is C8H10N4S. The van der Waals surface area contributed by atoms with Crippen molar-refractivity contribution in [2.24, 2.45) is 0 Å². The number of nitrogens with one attached hydrogen (secondary N) is 1. The average molecular weight is 194 g/mol. The third-order valence-corrected chi connectivity index (χ3v) is 2.12. The van der Waals surface area contributed by atoms with E-state index in [0.717, 1.165) is 5.69 Å². The molecule has 1 aromatic heterocycles. The fourth-order valence-corrected chi connectivity index (χ4v) is 1.35. The smallest absolute Gasteiger partial charge is 0.248 e. The number of rotatable bonds is 2. The van der Waals surface area contributed by atoms with Gasteiger partial charge in [0.25, 0.3) is 0 Å². The summed E-state index contributed by atoms with van der Waals surface area (Å²) in [5.41, 5.74) is 1.22. The molecule has 1 heterocycles. The fraction of sp³-hybridized carbons (Fsp3) is 0.375. The second-order valence-corrected chi connectivity index (χ2v) is 3.13. The van der Waals surface area contributed by atoms with Gasteiger partial charge in [-0.1, -0.05) is 11.8 Å². The molecule has 4 nitrogen and oxygen atoms in total. The minimum absolute atomic E-state index is 0.500. The van der Waals surface area contributed by atoms with Gasteiger partial charge in [-0.25, -0.2) is 14.8 Å². The second-order valence-electron chi connectivity index (χ2n) is 2.35. The van der Waals surface area contributed by atoms with Gasteiger partial charge < -0.3 is 5.32 Å². The topological polar surface area (TPSA) is 42.2 Å². The zero-order valence-corrected chi connectivity index (χ0v) is 8.57. The van der Waals surface area contributed by atoms with Crippen LogP contribution >= 0.6 is 11.8 Å². The minimum Gasteiger partial charge on any atom is -0.382 e. The lowest BCUT2D eigenvalue weighted by Gasteiger charge is -2.05. The summed E-state index contributed by atoms with van der Waals surface area (Å²) < 4.78 is 0. The molecule has 0 aliphatic heterocycles. The lowest BCUT2D eigenvalue weighted by atomic mass is 10.3. The molecule has 0 saturated heterocycles. The molecule has 0 aliphatic carbocycles. The van der Waals surface area contributed by atoms with Crippen molar-refractivity contribution in [3.63, 3.8) is 0 Å². The molecule has 0 aliphatic rings. The highest BCUT2D eigenvalue weighted by Crippen LogP contribution is 2.27. The van der Waals surface area contributed by atoms with Crippen LogP contribution in [0.2, 0.25) is 0 Å². The number of nitrogens with zero attached hydrogens (tertiary/aromatic N) is 3. The van der Waals surface area contributed by atoms with E-state index in [1.807, 2.05) is 13.2 Å². The van der Waals surface area contributed by atoms with Gasteiger partial charge in [0.15, 0.2) is 5.16 Å². The predicted octanol–water partition coefficient (Wildman–Crippen LogP) is 2.10. The van der Waals surface area contributed by atoms with E-state index < -0.39 is 0 Å². The summed E-state index contributed by atoms with van der Waals surface area (Å²) in [6.07, 6.45) is 1.91. The molecule has 1 N–H and O–H groups in total. The summed E-state index contributed by atoms with van der Waals surface area (Å²) in [6.45, 7) is 8.77. The lowest BCUT2D eigenvalue weighted by molar-refractivity contribution is 0.945. The van der Waals surface area contributed by atoms with E-state index in [9.17, 15) is 0 Å². The van der Waals surface area contributed by atoms with E-state index in [-0.39, 0.29) is 0 Å². The van der Waals surface area contributed by atoms with Gasteiger partial charge in [-0.15, -0.1) is 0 Å². The first-order valence-corrected chi connectivity index (χ1v) is 4.93. The maximum Gasteiger partial charge on any atom is 0.248 e. The Morgan fingerprint density at radius 2 is 2.15 bits per heavy atom. The number of aryl methyl sites for hydroxylation is 1. The van der Waals surface area contributed by atoms with Crippen LogP contribution in [0.4, 0.5) is 11.5 Å². The molecule has 0 atom stereocenters. The van der Waals surface area contributed by atoms with Crippen LogP contribution in [0.15, 0.2) is 5.16 Å². The largest absolute Gasteiger partial charge is 0.382 e. The first kappa shape index (κ1) is 9.81. The van der Waals surface area contributed by atoms with E-state index in [4.69, 9.17) is 6.57 Å². The minimum atomic E-state index is 0.500. The third kappa shape index (κ3) is 1.90. The SMILES string of the molecule is [C-]#[N+]c1c(C)nc(SC)nc1NC. The number of hydrogen-bond donors (Lipinski definition) is 1. The molecule has 0 spiro atoms. The summed E-state index contributed by atoms with van der Waals surface area (Å²) in [4.78, 5) is 11.7. The van der Waals surface area contributed by atoms with Crippen LogP contribution in [0.1, 0.15) is 5.69 Å². The van der Waals surface area contributed by atoms with Crippen molar-refractivity contribution in [3.8, 4) is 0 Å². The van der Waals surface area contributed by atoms with E-state index >= 15 is 0 Å². The maximum absolute atomic E-state index is 6.95. The first-order chi connectivity index (χ1) is 6.22. The van der Waals surface area contributed by atoms with Crippen molar-refractivity contribution < 1.29 is 0 Å². The molecule has 0 amide bonds. The third-order valence-electron chi connectivity index (χ3n) is 1.57. The Morgan fingerprint density at radius 3 is 2.62 bits per heavy atom. The summed E-state index contributed by atoms with van der Waals surface area (Å²) >= 11 is 1.47. The van der Waals surface area contributed by atoms with Gasteiger partial charge in [0.2, 0.25) is 5.69 Å². The Balaban J connectivity index is 3.31. The molecule has 0 radical (unpaired) electrons. The highest BCUT2D eigenvalue weighted by atomic mass is 32.2. The Kier molecular flexibility index (Phi) is 3.09. The van der Waals surface area contributed by atoms with Gasteiger partial charge in [0.05, 0.1) is 12.3 Å². The predicted molar refractivity (Wildman–Crippen MR) is 54.4 cm³/mol. The Bertz CT molecular complexity index is 356. The van der Waals surface area contributed by atoms with Crippen molar-refractivity contribution in [1.29, 1.82) is 0 Å². The van der Waals surface area contributed by atoms with Crippen molar-refractivity contribution in [1.82, 2.24) is 9.97 Å². The van der Waals surface area contributed by atoms with Crippen molar-refractivity contribution in [3.05, 3.63) is 17.1 Å². The first-order valence-electron chi connectivity index (χ1n) is 3.70. The number of hydrogen-bond acceptors (Lipinski definition) is 4. The number of aromatic nitrogens is 2. The summed E-state index contributed by atoms with van der Waals surface area (Å²) in [6, 6.07) is 0. The number of anilines is 1. The van der Waals surface area contributed by atoms with Gasteiger partial charge in [-0.05, 0) is 13.2 Å². The molecule has 0 aromatic carbocycles. The van der Waals surface area contributed by atoms with Crippen molar-refractivity contribution in [2.45, 2.75) is 12.1 Å². The molecule has 0 unspecified atom stereocenters. The van der Waals surface area contributed by atoms with E-state index in [2.05, 4.69) is 20.1 Å². The quantitative estimate of drug-likeness (QED) is 0.445. The van der Waals surface area contributed by atoms with Crippen LogP contribution in [0, 0.1) is 13.5 Å². The molecule has 0 bridgehead atoms. The summed E-state index contributed by atoms with van der Waals surface area (Å²) in [7, 11) is 1.75. The van der Waals surface area contributed by atoms with Crippen molar-refractivity contribution in [2.75, 3.05) is 18.6 Å². The lowest BCUT2D eigenvalue weighted by Crippen LogP contribution is -1.98. The zero-order valence-electron chi connectivity index (χ0n) is 7.75. The van der Waals surface area contributed by atoms with Crippen LogP contribution in [0.3, 0.4) is 0 Å². The highest BCUT2D eigenvalue weighted by Gasteiger charge is 2.09. The molecule has 5 heteroatoms. The van der Waals surface area contributed by atoms with Crippen LogP contribution in [-0.2, 0) is 0 Å². The van der Waals surface area contributed by atoms with Gasteiger partial charge in [-0.2, -0.15) is 0 Å². The molecule has 13 heavy (non-hydrogen) atoms. The van der Waals surface area contributed by atoms with Gasteiger partial charge in [0, 0.05) is 7.05 Å². The zero-order chi connectivity index (χ0) is 9.84. The highest BCUT2D eigenvalue weighted by molar-refractivity contribution is 7.98. The van der Waals surface area contributed by atoms with E-state index in [1.165, 1.54) is 11.8 Å². The van der Waals surface area contributed by atoms with E-state index in [1.54, 1.807) is 7.05 Å². The Hall–Kier alpha value is -1.28. The fourth-order valence-electron chi connectivity index (χ4n) is 0.941. The number of thioether (sulfide) groups is 1. The maximum atomic E-state index is 6.95. The monoisotopic (exact) mass is 194 g/mol. The van der Waals surface area contributed by atoms with Crippen LogP contribution in [-0.4, -0.2) is 23.3 Å². The van der Waals surface area contributed by atoms with Gasteiger partial charge >= 0.3 is 0 Å². The van der Waals surface area contributed by atoms with Crippen LogP contribution in [0.5, 0.6) is 0 Å². The molecule has 1 rings (SSSR count). The molecule has 1 aromatic rings. The van der Waals surface area contributed by atoms with Crippen molar-refractivity contribution >= 4 is 23.3 Å². The van der Waals surface area contributed by atoms with Gasteiger partial charge in [-0.3, -0.25) is 0 Å². The van der Waals surface area contributed by atoms with Crippen LogP contribution in [0.25, 0.3) is 4.85 Å². The standard InChI is InChI=1S/C8H10N4S/c1-5-6(9-2)7(10-3)12-8(11-5)13-4/h1,3-4H3,(H,10,11,12). The van der Waals surface area contributed by atoms with Crippen LogP contribution < -0.4 is 5.32 Å². The Morgan fingerprint density at radius 1 is 1.46 bits per heavy atom.